The second kappa shape index (κ2) is 7.73. The van der Waals surface area contributed by atoms with E-state index in [0.29, 0.717) is 20.9 Å². The smallest absolute Gasteiger partial charge is 0.260 e. The monoisotopic (exact) mass is 406 g/mol. The van der Waals surface area contributed by atoms with Crippen molar-refractivity contribution in [2.45, 2.75) is 19.0 Å². The lowest BCUT2D eigenvalue weighted by atomic mass is 10.1. The maximum Gasteiger partial charge on any atom is 0.260 e. The van der Waals surface area contributed by atoms with E-state index in [2.05, 4.69) is 9.97 Å². The number of rotatable bonds is 5. The van der Waals surface area contributed by atoms with Crippen LogP contribution in [0.25, 0.3) is 21.3 Å². The predicted octanol–water partition coefficient (Wildman–Crippen LogP) is 5.24. The molecule has 1 N–H and O–H groups in total. The number of aryl methyl sites for hydroxylation is 2. The van der Waals surface area contributed by atoms with Crippen LogP contribution in [-0.4, -0.2) is 21.5 Å². The minimum absolute atomic E-state index is 0.0132. The van der Waals surface area contributed by atoms with Crippen molar-refractivity contribution in [1.29, 1.82) is 0 Å². The maximum atomic E-state index is 12.7. The summed E-state index contributed by atoms with van der Waals surface area (Å²) in [4.78, 5) is 33.1. The van der Waals surface area contributed by atoms with Gasteiger partial charge in [0.15, 0.2) is 10.9 Å². The number of thiophene rings is 1. The van der Waals surface area contributed by atoms with Crippen LogP contribution in [0.4, 0.5) is 0 Å². The highest BCUT2D eigenvalue weighted by Gasteiger charge is 2.14. The second-order valence-electron chi connectivity index (χ2n) is 6.64. The Kier molecular flexibility index (Phi) is 5.15. The first kappa shape index (κ1) is 18.7. The number of hydrogen-bond acceptors (Lipinski definition) is 5. The Hall–Kier alpha value is -2.70. The van der Waals surface area contributed by atoms with Crippen LogP contribution in [0.2, 0.25) is 0 Å². The summed E-state index contributed by atoms with van der Waals surface area (Å²) in [6.07, 6.45) is 0. The number of carbonyl (C=O) groups is 1. The molecular weight excluding hydrogens is 388 g/mol. The summed E-state index contributed by atoms with van der Waals surface area (Å²) in [5, 5.41) is 3.03. The number of hydrogen-bond donors (Lipinski definition) is 1. The highest BCUT2D eigenvalue weighted by molar-refractivity contribution is 7.99. The number of benzene rings is 2. The molecule has 0 aliphatic carbocycles. The summed E-state index contributed by atoms with van der Waals surface area (Å²) in [5.74, 6) is 0.243. The topological polar surface area (TPSA) is 62.8 Å². The van der Waals surface area contributed by atoms with E-state index >= 15 is 0 Å². The summed E-state index contributed by atoms with van der Waals surface area (Å²) >= 11 is 2.70. The molecule has 0 aliphatic rings. The van der Waals surface area contributed by atoms with E-state index in [4.69, 9.17) is 0 Å². The largest absolute Gasteiger partial charge is 0.301 e. The molecule has 0 amide bonds. The maximum absolute atomic E-state index is 12.7. The van der Waals surface area contributed by atoms with Gasteiger partial charge in [-0.3, -0.25) is 9.59 Å². The summed E-state index contributed by atoms with van der Waals surface area (Å²) in [7, 11) is 0. The molecule has 0 saturated carbocycles. The molecular formula is C22H18N2O2S2. The van der Waals surface area contributed by atoms with Crippen LogP contribution in [0, 0.1) is 13.8 Å². The van der Waals surface area contributed by atoms with Gasteiger partial charge in [0.05, 0.1) is 11.1 Å². The van der Waals surface area contributed by atoms with Crippen molar-refractivity contribution in [3.8, 4) is 11.1 Å². The fourth-order valence-corrected chi connectivity index (χ4v) is 4.66. The number of aromatic nitrogens is 2. The molecule has 0 unspecified atom stereocenters. The summed E-state index contributed by atoms with van der Waals surface area (Å²) in [6, 6.07) is 15.6. The summed E-state index contributed by atoms with van der Waals surface area (Å²) in [5.41, 5.74) is 4.67. The number of carbonyl (C=O) groups excluding carboxylic acids is 1. The van der Waals surface area contributed by atoms with Crippen molar-refractivity contribution in [1.82, 2.24) is 9.97 Å². The van der Waals surface area contributed by atoms with E-state index in [1.807, 2.05) is 67.8 Å². The summed E-state index contributed by atoms with van der Waals surface area (Å²) in [6.45, 7) is 4.02. The van der Waals surface area contributed by atoms with Gasteiger partial charge < -0.3 is 4.98 Å². The number of H-pyrrole nitrogens is 1. The minimum atomic E-state index is -0.174. The molecule has 0 atom stereocenters. The van der Waals surface area contributed by atoms with Crippen molar-refractivity contribution in [2.75, 3.05) is 5.75 Å². The molecule has 4 rings (SSSR count). The Morgan fingerprint density at radius 2 is 1.68 bits per heavy atom. The van der Waals surface area contributed by atoms with E-state index in [1.165, 1.54) is 28.7 Å². The average Bonchev–Trinajstić information content (AvgIpc) is 3.12. The molecule has 28 heavy (non-hydrogen) atoms. The third kappa shape index (κ3) is 3.79. The molecule has 2 aromatic heterocycles. The molecule has 0 fully saturated rings. The van der Waals surface area contributed by atoms with Crippen LogP contribution in [0.3, 0.4) is 0 Å². The number of aromatic amines is 1. The number of nitrogens with zero attached hydrogens (tertiary/aromatic N) is 1. The molecule has 0 bridgehead atoms. The van der Waals surface area contributed by atoms with Gasteiger partial charge in [0.2, 0.25) is 0 Å². The van der Waals surface area contributed by atoms with Gasteiger partial charge in [-0.25, -0.2) is 4.98 Å². The lowest BCUT2D eigenvalue weighted by molar-refractivity contribution is 0.102. The normalized spacial score (nSPS) is 11.1. The molecule has 2 heterocycles. The minimum Gasteiger partial charge on any atom is -0.301 e. The molecule has 140 valence electrons. The summed E-state index contributed by atoms with van der Waals surface area (Å²) < 4.78 is 0. The number of Topliss-reactive ketones (excluding diaryl/α,β-unsaturated/α-hetero) is 1. The van der Waals surface area contributed by atoms with E-state index < -0.39 is 0 Å². The highest BCUT2D eigenvalue weighted by Crippen LogP contribution is 2.31. The molecule has 0 radical (unpaired) electrons. The Balaban J connectivity index is 1.58. The van der Waals surface area contributed by atoms with Gasteiger partial charge in [-0.15, -0.1) is 11.3 Å². The van der Waals surface area contributed by atoms with E-state index in [9.17, 15) is 9.59 Å². The van der Waals surface area contributed by atoms with Gasteiger partial charge in [-0.1, -0.05) is 71.4 Å². The van der Waals surface area contributed by atoms with Crippen molar-refractivity contribution in [3.63, 3.8) is 0 Å². The van der Waals surface area contributed by atoms with Crippen molar-refractivity contribution < 1.29 is 4.79 Å². The molecule has 0 aliphatic heterocycles. The lowest BCUT2D eigenvalue weighted by Gasteiger charge is -2.03. The number of fused-ring (bicyclic) bond motifs is 1. The Labute approximate surface area is 170 Å². The second-order valence-corrected chi connectivity index (χ2v) is 8.47. The zero-order chi connectivity index (χ0) is 19.7. The van der Waals surface area contributed by atoms with Crippen LogP contribution in [-0.2, 0) is 0 Å². The average molecular weight is 407 g/mol. The van der Waals surface area contributed by atoms with E-state index in [-0.39, 0.29) is 17.1 Å². The Bertz CT molecular complexity index is 1210. The Morgan fingerprint density at radius 1 is 1.04 bits per heavy atom. The van der Waals surface area contributed by atoms with Crippen LogP contribution in [0.1, 0.15) is 21.5 Å². The first-order valence-corrected chi connectivity index (χ1v) is 10.7. The van der Waals surface area contributed by atoms with Crippen LogP contribution < -0.4 is 5.56 Å². The van der Waals surface area contributed by atoms with Gasteiger partial charge in [-0.05, 0) is 19.4 Å². The molecule has 4 aromatic rings. The quantitative estimate of drug-likeness (QED) is 0.280. The van der Waals surface area contributed by atoms with Crippen molar-refractivity contribution >= 4 is 39.1 Å². The van der Waals surface area contributed by atoms with Crippen LogP contribution in [0.5, 0.6) is 0 Å². The molecule has 6 heteroatoms. The number of nitrogens with one attached hydrogen (secondary N) is 1. The molecule has 0 saturated heterocycles. The Morgan fingerprint density at radius 3 is 2.36 bits per heavy atom. The lowest BCUT2D eigenvalue weighted by Crippen LogP contribution is -2.10. The van der Waals surface area contributed by atoms with Gasteiger partial charge >= 0.3 is 0 Å². The number of thioether (sulfide) groups is 1. The SMILES string of the molecule is Cc1ccc(C(=O)CSc2nc3scc(-c4ccc(C)cc4)c3c(=O)[nH]2)cc1. The number of ketones is 1. The zero-order valence-electron chi connectivity index (χ0n) is 15.5. The fraction of sp³-hybridized carbons (Fsp3) is 0.136. The van der Waals surface area contributed by atoms with Gasteiger partial charge in [0, 0.05) is 16.5 Å². The molecule has 4 nitrogen and oxygen atoms in total. The third-order valence-electron chi connectivity index (χ3n) is 4.50. The highest BCUT2D eigenvalue weighted by atomic mass is 32.2. The van der Waals surface area contributed by atoms with Crippen molar-refractivity contribution in [2.24, 2.45) is 0 Å². The molecule has 0 spiro atoms. The van der Waals surface area contributed by atoms with E-state index in [1.54, 1.807) is 0 Å². The first-order chi connectivity index (χ1) is 13.5. The van der Waals surface area contributed by atoms with Crippen LogP contribution in [0.15, 0.2) is 63.9 Å². The van der Waals surface area contributed by atoms with E-state index in [0.717, 1.165) is 16.7 Å². The van der Waals surface area contributed by atoms with Crippen LogP contribution >= 0.6 is 23.1 Å². The fourth-order valence-electron chi connectivity index (χ4n) is 2.90. The van der Waals surface area contributed by atoms with Gasteiger partial charge in [0.25, 0.3) is 5.56 Å². The zero-order valence-corrected chi connectivity index (χ0v) is 17.1. The third-order valence-corrected chi connectivity index (χ3v) is 6.24. The standard InChI is InChI=1S/C22H18N2O2S2/c1-13-3-7-15(8-4-13)17-11-27-21-19(17)20(26)23-22(24-21)28-12-18(25)16-9-5-14(2)6-10-16/h3-11H,12H2,1-2H3,(H,23,24,26). The van der Waals surface area contributed by atoms with Crippen molar-refractivity contribution in [3.05, 3.63) is 81.0 Å². The van der Waals surface area contributed by atoms with Gasteiger partial charge in [-0.2, -0.15) is 0 Å². The van der Waals surface area contributed by atoms with Gasteiger partial charge in [0.1, 0.15) is 4.83 Å². The first-order valence-electron chi connectivity index (χ1n) is 8.82. The predicted molar refractivity (Wildman–Crippen MR) is 117 cm³/mol. The molecule has 2 aromatic carbocycles.